The minimum Gasteiger partial charge on any atom is -0.359 e. The molecule has 0 aliphatic carbocycles. The van der Waals surface area contributed by atoms with Crippen LogP contribution in [0.15, 0.2) is 38.3 Å². The molecule has 0 radical (unpaired) electrons. The molecular weight excluding hydrogens is 376 g/mol. The van der Waals surface area contributed by atoms with Crippen molar-refractivity contribution < 1.29 is 9.32 Å². The molecule has 3 aromatic rings. The number of carbonyl (C=O) groups is 1. The molecule has 8 heteroatoms. The van der Waals surface area contributed by atoms with Gasteiger partial charge in [-0.05, 0) is 32.0 Å². The molecule has 0 aliphatic heterocycles. The van der Waals surface area contributed by atoms with Crippen molar-refractivity contribution in [3.05, 3.63) is 50.8 Å². The zero-order valence-corrected chi connectivity index (χ0v) is 14.8. The van der Waals surface area contributed by atoms with Crippen LogP contribution in [0.4, 0.5) is 5.69 Å². The molecule has 124 valence electrons. The molecule has 0 spiro atoms. The van der Waals surface area contributed by atoms with Gasteiger partial charge in [0.1, 0.15) is 11.4 Å². The summed E-state index contributed by atoms with van der Waals surface area (Å²) in [6.45, 7) is 3.72. The molecule has 1 aromatic carbocycles. The van der Waals surface area contributed by atoms with E-state index in [1.807, 2.05) is 6.07 Å². The second-order valence-electron chi connectivity index (χ2n) is 5.40. The number of hydrogen-bond donors (Lipinski definition) is 1. The summed E-state index contributed by atoms with van der Waals surface area (Å²) in [7, 11) is 0. The lowest BCUT2D eigenvalue weighted by molar-refractivity contribution is -0.116. The summed E-state index contributed by atoms with van der Waals surface area (Å²) in [4.78, 5) is 28.8. The van der Waals surface area contributed by atoms with Crippen molar-refractivity contribution in [1.82, 2.24) is 14.7 Å². The maximum atomic E-state index is 12.5. The summed E-state index contributed by atoms with van der Waals surface area (Å²) in [6, 6.07) is 5.33. The van der Waals surface area contributed by atoms with Crippen molar-refractivity contribution in [1.29, 1.82) is 0 Å². The van der Waals surface area contributed by atoms with Crippen LogP contribution >= 0.6 is 15.9 Å². The minimum absolute atomic E-state index is 0.144. The Bertz CT molecular complexity index is 958. The van der Waals surface area contributed by atoms with E-state index >= 15 is 0 Å². The van der Waals surface area contributed by atoms with Gasteiger partial charge in [-0.15, -0.1) is 0 Å². The number of nitrogens with zero attached hydrogens (tertiary/aromatic N) is 3. The van der Waals surface area contributed by atoms with Gasteiger partial charge < -0.3 is 9.84 Å². The third kappa shape index (κ3) is 3.23. The van der Waals surface area contributed by atoms with Gasteiger partial charge in [0.15, 0.2) is 5.76 Å². The lowest BCUT2D eigenvalue weighted by Crippen LogP contribution is -2.23. The Morgan fingerprint density at radius 2 is 2.17 bits per heavy atom. The minimum atomic E-state index is -0.217. The van der Waals surface area contributed by atoms with E-state index in [-0.39, 0.29) is 24.4 Å². The lowest BCUT2D eigenvalue weighted by atomic mass is 10.2. The molecule has 1 N–H and O–H groups in total. The van der Waals surface area contributed by atoms with E-state index in [2.05, 4.69) is 31.4 Å². The van der Waals surface area contributed by atoms with E-state index in [1.54, 1.807) is 26.0 Å². The highest BCUT2D eigenvalue weighted by molar-refractivity contribution is 9.10. The molecule has 0 bridgehead atoms. The zero-order valence-electron chi connectivity index (χ0n) is 13.2. The molecule has 0 atom stereocenters. The monoisotopic (exact) mass is 390 g/mol. The molecule has 0 aliphatic rings. The Labute approximate surface area is 145 Å². The first kappa shape index (κ1) is 16.4. The van der Waals surface area contributed by atoms with Crippen LogP contribution in [0.25, 0.3) is 10.9 Å². The number of rotatable bonds is 4. The highest BCUT2D eigenvalue weighted by atomic mass is 79.9. The predicted molar refractivity (Wildman–Crippen MR) is 92.9 cm³/mol. The molecule has 2 aromatic heterocycles. The van der Waals surface area contributed by atoms with Gasteiger partial charge in [0.05, 0.1) is 17.2 Å². The predicted octanol–water partition coefficient (Wildman–Crippen LogP) is 2.79. The second-order valence-corrected chi connectivity index (χ2v) is 6.32. The SMILES string of the molecule is Cc1noc(C)c1NC(=O)CCn1cnc2ccc(Br)cc2c1=O. The number of hydrogen-bond acceptors (Lipinski definition) is 5. The number of carbonyl (C=O) groups excluding carboxylic acids is 1. The molecular formula is C16H15BrN4O3. The molecule has 3 rings (SSSR count). The summed E-state index contributed by atoms with van der Waals surface area (Å²) in [5, 5.41) is 7.05. The third-order valence-electron chi connectivity index (χ3n) is 3.66. The highest BCUT2D eigenvalue weighted by Crippen LogP contribution is 2.19. The van der Waals surface area contributed by atoms with Crippen LogP contribution in [0.1, 0.15) is 17.9 Å². The number of anilines is 1. The Morgan fingerprint density at radius 1 is 1.38 bits per heavy atom. The lowest BCUT2D eigenvalue weighted by Gasteiger charge is -2.07. The van der Waals surface area contributed by atoms with Gasteiger partial charge in [0, 0.05) is 17.4 Å². The topological polar surface area (TPSA) is 90.0 Å². The van der Waals surface area contributed by atoms with Crippen molar-refractivity contribution >= 4 is 38.4 Å². The highest BCUT2D eigenvalue weighted by Gasteiger charge is 2.13. The number of nitrogens with one attached hydrogen (secondary N) is 1. The van der Waals surface area contributed by atoms with Crippen molar-refractivity contribution in [3.63, 3.8) is 0 Å². The van der Waals surface area contributed by atoms with Gasteiger partial charge in [-0.2, -0.15) is 0 Å². The van der Waals surface area contributed by atoms with Gasteiger partial charge in [0.25, 0.3) is 5.56 Å². The quantitative estimate of drug-likeness (QED) is 0.739. The van der Waals surface area contributed by atoms with Crippen LogP contribution in [0.2, 0.25) is 0 Å². The average molecular weight is 391 g/mol. The summed E-state index contributed by atoms with van der Waals surface area (Å²) in [5.74, 6) is 0.334. The first-order valence-corrected chi connectivity index (χ1v) is 8.12. The summed E-state index contributed by atoms with van der Waals surface area (Å²) in [5.41, 5.74) is 1.65. The number of aryl methyl sites for hydroxylation is 3. The molecule has 7 nitrogen and oxygen atoms in total. The summed E-state index contributed by atoms with van der Waals surface area (Å²) < 4.78 is 7.24. The maximum Gasteiger partial charge on any atom is 0.261 e. The number of halogens is 1. The Morgan fingerprint density at radius 3 is 2.88 bits per heavy atom. The second kappa shape index (κ2) is 6.56. The molecule has 2 heterocycles. The van der Waals surface area contributed by atoms with E-state index in [0.29, 0.717) is 28.0 Å². The van der Waals surface area contributed by atoms with Crippen LogP contribution in [0, 0.1) is 13.8 Å². The molecule has 0 unspecified atom stereocenters. The van der Waals surface area contributed by atoms with Gasteiger partial charge in [0.2, 0.25) is 5.91 Å². The molecule has 1 amide bonds. The van der Waals surface area contributed by atoms with Crippen LogP contribution < -0.4 is 10.9 Å². The van der Waals surface area contributed by atoms with E-state index in [0.717, 1.165) is 4.47 Å². The standard InChI is InChI=1S/C16H15BrN4O3/c1-9-15(10(2)24-20-9)19-14(22)5-6-21-8-18-13-4-3-11(17)7-12(13)16(21)23/h3-4,7-8H,5-6H2,1-2H3,(H,19,22). The normalized spacial score (nSPS) is 11.0. The number of benzene rings is 1. The van der Waals surface area contributed by atoms with Crippen LogP contribution in [0.3, 0.4) is 0 Å². The van der Waals surface area contributed by atoms with E-state index in [4.69, 9.17) is 4.52 Å². The molecule has 0 fully saturated rings. The van der Waals surface area contributed by atoms with Gasteiger partial charge >= 0.3 is 0 Å². The average Bonchev–Trinajstić information content (AvgIpc) is 2.87. The van der Waals surface area contributed by atoms with Crippen LogP contribution in [0.5, 0.6) is 0 Å². The van der Waals surface area contributed by atoms with Crippen molar-refractivity contribution in [2.24, 2.45) is 0 Å². The fourth-order valence-corrected chi connectivity index (χ4v) is 2.74. The van der Waals surface area contributed by atoms with Crippen molar-refractivity contribution in [2.45, 2.75) is 26.8 Å². The van der Waals surface area contributed by atoms with E-state index in [9.17, 15) is 9.59 Å². The fraction of sp³-hybridized carbons (Fsp3) is 0.250. The van der Waals surface area contributed by atoms with Gasteiger partial charge in [-0.25, -0.2) is 4.98 Å². The number of fused-ring (bicyclic) bond motifs is 1. The largest absolute Gasteiger partial charge is 0.359 e. The Kier molecular flexibility index (Phi) is 4.48. The first-order chi connectivity index (χ1) is 11.5. The van der Waals surface area contributed by atoms with Crippen LogP contribution in [-0.2, 0) is 11.3 Å². The van der Waals surface area contributed by atoms with Crippen molar-refractivity contribution in [2.75, 3.05) is 5.32 Å². The smallest absolute Gasteiger partial charge is 0.261 e. The van der Waals surface area contributed by atoms with E-state index < -0.39 is 0 Å². The number of amides is 1. The molecule has 24 heavy (non-hydrogen) atoms. The molecule has 0 saturated heterocycles. The van der Waals surface area contributed by atoms with Gasteiger partial charge in [-0.3, -0.25) is 14.2 Å². The van der Waals surface area contributed by atoms with Crippen molar-refractivity contribution in [3.8, 4) is 0 Å². The third-order valence-corrected chi connectivity index (χ3v) is 4.16. The van der Waals surface area contributed by atoms with Gasteiger partial charge in [-0.1, -0.05) is 21.1 Å². The molecule has 0 saturated carbocycles. The summed E-state index contributed by atoms with van der Waals surface area (Å²) >= 11 is 3.35. The Hall–Kier alpha value is -2.48. The van der Waals surface area contributed by atoms with E-state index in [1.165, 1.54) is 10.9 Å². The first-order valence-electron chi connectivity index (χ1n) is 7.33. The number of aromatic nitrogens is 3. The maximum absolute atomic E-state index is 12.5. The summed E-state index contributed by atoms with van der Waals surface area (Å²) in [6.07, 6.45) is 1.60. The zero-order chi connectivity index (χ0) is 17.3. The fourth-order valence-electron chi connectivity index (χ4n) is 2.38. The van der Waals surface area contributed by atoms with Crippen LogP contribution in [-0.4, -0.2) is 20.6 Å². The Balaban J connectivity index is 1.75.